The highest BCUT2D eigenvalue weighted by atomic mass is 32.2. The molecule has 23 heavy (non-hydrogen) atoms. The number of hydrogen-bond donors (Lipinski definition) is 2. The van der Waals surface area contributed by atoms with E-state index in [1.165, 1.54) is 0 Å². The minimum absolute atomic E-state index is 0.0532. The number of unbranched alkanes of at least 4 members (excludes halogenated alkanes) is 1. The first-order valence-corrected chi connectivity index (χ1v) is 8.69. The van der Waals surface area contributed by atoms with Gasteiger partial charge in [-0.2, -0.15) is 0 Å². The first kappa shape index (κ1) is 16.4. The molecule has 9 heteroatoms. The van der Waals surface area contributed by atoms with Gasteiger partial charge in [-0.1, -0.05) is 13.3 Å². The molecule has 0 amide bonds. The summed E-state index contributed by atoms with van der Waals surface area (Å²) in [5, 5.41) is 8.60. The van der Waals surface area contributed by atoms with Crippen molar-refractivity contribution in [2.45, 2.75) is 44.9 Å². The maximum atomic E-state index is 6.00. The van der Waals surface area contributed by atoms with Crippen molar-refractivity contribution in [3.63, 3.8) is 0 Å². The summed E-state index contributed by atoms with van der Waals surface area (Å²) in [6, 6.07) is 0. The molecule has 0 saturated carbocycles. The lowest BCUT2D eigenvalue weighted by atomic mass is 10.2. The number of anilines is 1. The molecule has 1 aliphatic rings. The Hall–Kier alpha value is -1.42. The highest BCUT2D eigenvalue weighted by Crippen LogP contribution is 2.31. The summed E-state index contributed by atoms with van der Waals surface area (Å²) in [5.41, 5.74) is 1.57. The first-order valence-electron chi connectivity index (χ1n) is 7.88. The van der Waals surface area contributed by atoms with E-state index in [0.29, 0.717) is 6.61 Å². The molecule has 3 heterocycles. The van der Waals surface area contributed by atoms with E-state index in [1.807, 2.05) is 4.57 Å². The van der Waals surface area contributed by atoms with Gasteiger partial charge in [0, 0.05) is 6.54 Å². The third-order valence-electron chi connectivity index (χ3n) is 3.90. The number of hydrogen-bond acceptors (Lipinski definition) is 8. The number of nitrogens with two attached hydrogens (primary N) is 1. The molecule has 0 aliphatic carbocycles. The second kappa shape index (κ2) is 7.91. The van der Waals surface area contributed by atoms with Crippen molar-refractivity contribution in [2.75, 3.05) is 18.5 Å². The van der Waals surface area contributed by atoms with E-state index < -0.39 is 0 Å². The fourth-order valence-corrected chi connectivity index (χ4v) is 2.94. The molecule has 2 atom stereocenters. The average Bonchev–Trinajstić information content (AvgIpc) is 3.20. The van der Waals surface area contributed by atoms with Gasteiger partial charge in [0.1, 0.15) is 12.6 Å². The van der Waals surface area contributed by atoms with Crippen LogP contribution < -0.4 is 10.5 Å². The summed E-state index contributed by atoms with van der Waals surface area (Å²) in [4.78, 5) is 13.1. The van der Waals surface area contributed by atoms with Crippen molar-refractivity contribution >= 4 is 29.2 Å². The molecule has 1 aliphatic heterocycles. The van der Waals surface area contributed by atoms with Crippen LogP contribution in [0.5, 0.6) is 0 Å². The number of nitrogens with zero attached hydrogens (tertiary/aromatic N) is 4. The van der Waals surface area contributed by atoms with E-state index in [1.54, 1.807) is 12.7 Å². The zero-order valence-electron chi connectivity index (χ0n) is 13.1. The zero-order chi connectivity index (χ0) is 16.1. The van der Waals surface area contributed by atoms with Crippen LogP contribution in [-0.4, -0.2) is 38.8 Å². The highest BCUT2D eigenvalue weighted by Gasteiger charge is 2.28. The Labute approximate surface area is 139 Å². The Morgan fingerprint density at radius 2 is 2.35 bits per heavy atom. The standard InChI is InChI=1S/C14H22N6O2S/c1-2-3-6-16-13-12-14(18-8-17-13)20(9-19-12)11-5-4-10(22-11)7-21-23-15/h8-11H,2-7,15H2,1H3,(H,16,17,18). The molecule has 3 N–H and O–H groups in total. The van der Waals surface area contributed by atoms with Gasteiger partial charge in [0.25, 0.3) is 0 Å². The molecule has 126 valence electrons. The monoisotopic (exact) mass is 338 g/mol. The first-order chi connectivity index (χ1) is 11.3. The summed E-state index contributed by atoms with van der Waals surface area (Å²) in [7, 11) is 0. The fraction of sp³-hybridized carbons (Fsp3) is 0.643. The van der Waals surface area contributed by atoms with Crippen molar-refractivity contribution in [3.05, 3.63) is 12.7 Å². The molecule has 0 radical (unpaired) electrons. The Kier molecular flexibility index (Phi) is 5.65. The van der Waals surface area contributed by atoms with Crippen molar-refractivity contribution in [1.29, 1.82) is 0 Å². The van der Waals surface area contributed by atoms with Gasteiger partial charge < -0.3 is 10.1 Å². The van der Waals surface area contributed by atoms with Gasteiger partial charge in [0.05, 0.1) is 31.3 Å². The summed E-state index contributed by atoms with van der Waals surface area (Å²) in [5.74, 6) is 0.777. The van der Waals surface area contributed by atoms with E-state index in [0.717, 1.165) is 61.4 Å². The van der Waals surface area contributed by atoms with Gasteiger partial charge in [0.15, 0.2) is 17.0 Å². The molecule has 0 spiro atoms. The molecular formula is C14H22N6O2S. The molecule has 0 bridgehead atoms. The minimum Gasteiger partial charge on any atom is -0.368 e. The van der Waals surface area contributed by atoms with E-state index in [4.69, 9.17) is 14.1 Å². The van der Waals surface area contributed by atoms with Crippen LogP contribution in [0.4, 0.5) is 5.82 Å². The van der Waals surface area contributed by atoms with E-state index in [-0.39, 0.29) is 12.3 Å². The number of fused-ring (bicyclic) bond motifs is 1. The van der Waals surface area contributed by atoms with Crippen molar-refractivity contribution < 1.29 is 8.92 Å². The largest absolute Gasteiger partial charge is 0.368 e. The Balaban J connectivity index is 1.74. The van der Waals surface area contributed by atoms with Crippen LogP contribution in [0.1, 0.15) is 38.8 Å². The van der Waals surface area contributed by atoms with Crippen LogP contribution in [0.15, 0.2) is 12.7 Å². The molecule has 2 unspecified atom stereocenters. The summed E-state index contributed by atoms with van der Waals surface area (Å²) < 4.78 is 13.1. The lowest BCUT2D eigenvalue weighted by molar-refractivity contribution is -0.0128. The predicted molar refractivity (Wildman–Crippen MR) is 89.6 cm³/mol. The van der Waals surface area contributed by atoms with Gasteiger partial charge in [-0.25, -0.2) is 15.0 Å². The van der Waals surface area contributed by atoms with Crippen molar-refractivity contribution in [2.24, 2.45) is 5.14 Å². The molecule has 1 fully saturated rings. The number of ether oxygens (including phenoxy) is 1. The quantitative estimate of drug-likeness (QED) is 0.429. The molecular weight excluding hydrogens is 316 g/mol. The predicted octanol–water partition coefficient (Wildman–Crippen LogP) is 2.25. The van der Waals surface area contributed by atoms with Crippen LogP contribution in [-0.2, 0) is 8.92 Å². The second-order valence-corrected chi connectivity index (χ2v) is 5.93. The smallest absolute Gasteiger partial charge is 0.167 e. The van der Waals surface area contributed by atoms with Crippen LogP contribution in [0.25, 0.3) is 11.2 Å². The third-order valence-corrected chi connectivity index (χ3v) is 4.17. The van der Waals surface area contributed by atoms with Crippen LogP contribution in [0, 0.1) is 0 Å². The summed E-state index contributed by atoms with van der Waals surface area (Å²) in [6.07, 6.45) is 7.38. The topological polar surface area (TPSA) is 100 Å². The Bertz CT molecular complexity index is 637. The summed E-state index contributed by atoms with van der Waals surface area (Å²) in [6.45, 7) is 3.53. The summed E-state index contributed by atoms with van der Waals surface area (Å²) >= 11 is 0.873. The highest BCUT2D eigenvalue weighted by molar-refractivity contribution is 7.92. The van der Waals surface area contributed by atoms with Gasteiger partial charge in [-0.15, -0.1) is 0 Å². The number of imidazole rings is 1. The molecule has 2 aromatic rings. The van der Waals surface area contributed by atoms with E-state index in [2.05, 4.69) is 27.2 Å². The number of nitrogens with one attached hydrogen (secondary N) is 1. The molecule has 8 nitrogen and oxygen atoms in total. The van der Waals surface area contributed by atoms with Gasteiger partial charge in [-0.05, 0) is 19.3 Å². The Morgan fingerprint density at radius 3 is 3.17 bits per heavy atom. The zero-order valence-corrected chi connectivity index (χ0v) is 14.0. The molecule has 1 saturated heterocycles. The SMILES string of the molecule is CCCCNc1ncnc2c1ncn2C1CCC(COSN)O1. The Morgan fingerprint density at radius 1 is 1.43 bits per heavy atom. The molecule has 3 rings (SSSR count). The van der Waals surface area contributed by atoms with Crippen molar-refractivity contribution in [1.82, 2.24) is 19.5 Å². The van der Waals surface area contributed by atoms with E-state index in [9.17, 15) is 0 Å². The van der Waals surface area contributed by atoms with Crippen LogP contribution >= 0.6 is 12.2 Å². The maximum absolute atomic E-state index is 6.00. The normalized spacial score (nSPS) is 21.1. The van der Waals surface area contributed by atoms with Crippen LogP contribution in [0.3, 0.4) is 0 Å². The molecule has 2 aromatic heterocycles. The van der Waals surface area contributed by atoms with Crippen LogP contribution in [0.2, 0.25) is 0 Å². The lowest BCUT2D eigenvalue weighted by Gasteiger charge is -2.14. The third kappa shape index (κ3) is 3.74. The van der Waals surface area contributed by atoms with Gasteiger partial charge in [0.2, 0.25) is 0 Å². The van der Waals surface area contributed by atoms with Crippen molar-refractivity contribution in [3.8, 4) is 0 Å². The maximum Gasteiger partial charge on any atom is 0.167 e. The average molecular weight is 338 g/mol. The van der Waals surface area contributed by atoms with E-state index >= 15 is 0 Å². The number of rotatable bonds is 8. The minimum atomic E-state index is -0.0743. The second-order valence-electron chi connectivity index (χ2n) is 5.50. The van der Waals surface area contributed by atoms with Gasteiger partial charge >= 0.3 is 0 Å². The number of aromatic nitrogens is 4. The lowest BCUT2D eigenvalue weighted by Crippen LogP contribution is -2.15. The van der Waals surface area contributed by atoms with Gasteiger partial charge in [-0.3, -0.25) is 13.9 Å². The molecule has 0 aromatic carbocycles. The fourth-order valence-electron chi connectivity index (χ4n) is 2.70.